The molecule has 0 bridgehead atoms. The number of nitrogens with one attached hydrogen (secondary N) is 1. The van der Waals surface area contributed by atoms with Crippen LogP contribution >= 0.6 is 52.1 Å². The number of hydrogen-bond acceptors (Lipinski definition) is 5. The number of halogens is 1. The summed E-state index contributed by atoms with van der Waals surface area (Å²) in [6.07, 6.45) is 4.85. The van der Waals surface area contributed by atoms with E-state index in [0.29, 0.717) is 4.32 Å². The molecule has 2 aliphatic heterocycles. The van der Waals surface area contributed by atoms with Gasteiger partial charge in [-0.1, -0.05) is 84.2 Å². The number of rotatable bonds is 2. The molecule has 1 N–H and O–H groups in total. The number of thioether (sulfide) groups is 1. The van der Waals surface area contributed by atoms with Gasteiger partial charge < -0.3 is 14.8 Å². The molecule has 1 aromatic rings. The van der Waals surface area contributed by atoms with Gasteiger partial charge >= 0.3 is 0 Å². The highest BCUT2D eigenvalue weighted by Gasteiger charge is 2.50. The van der Waals surface area contributed by atoms with E-state index in [4.69, 9.17) is 33.9 Å². The zero-order chi connectivity index (χ0) is 18.0. The van der Waals surface area contributed by atoms with Gasteiger partial charge in [0.2, 0.25) is 6.79 Å². The molecule has 3 nitrogen and oxygen atoms in total. The Morgan fingerprint density at radius 3 is 2.76 bits per heavy atom. The SMILES string of the molecule is CC.S=C1NC(c2cccc(Br)c2)(C2C=CC3=C(C2)OCO3)C(=S)S1. The number of thiocarbonyl (C=S) groups is 2. The first-order valence-corrected chi connectivity index (χ1v) is 10.5. The van der Waals surface area contributed by atoms with E-state index in [9.17, 15) is 0 Å². The van der Waals surface area contributed by atoms with Crippen LogP contribution in [0.3, 0.4) is 0 Å². The van der Waals surface area contributed by atoms with Crippen LogP contribution in [0, 0.1) is 5.92 Å². The van der Waals surface area contributed by atoms with Gasteiger partial charge in [-0.05, 0) is 23.8 Å². The lowest BCUT2D eigenvalue weighted by Crippen LogP contribution is -2.49. The summed E-state index contributed by atoms with van der Waals surface area (Å²) in [4.78, 5) is 0. The van der Waals surface area contributed by atoms with Crippen LogP contribution in [0.5, 0.6) is 0 Å². The van der Waals surface area contributed by atoms with E-state index >= 15 is 0 Å². The van der Waals surface area contributed by atoms with Crippen molar-refractivity contribution in [3.8, 4) is 0 Å². The fourth-order valence-corrected chi connectivity index (χ4v) is 5.57. The molecule has 1 aliphatic carbocycles. The molecule has 25 heavy (non-hydrogen) atoms. The van der Waals surface area contributed by atoms with Crippen molar-refractivity contribution in [3.05, 3.63) is 58.0 Å². The average Bonchev–Trinajstić information content (AvgIpc) is 3.20. The van der Waals surface area contributed by atoms with Gasteiger partial charge in [-0.15, -0.1) is 0 Å². The summed E-state index contributed by atoms with van der Waals surface area (Å²) in [5.41, 5.74) is 0.587. The Bertz CT molecular complexity index is 777. The fourth-order valence-electron chi connectivity index (χ4n) is 3.17. The first-order valence-electron chi connectivity index (χ1n) is 8.07. The van der Waals surface area contributed by atoms with Crippen molar-refractivity contribution in [2.75, 3.05) is 6.79 Å². The average molecular weight is 456 g/mol. The topological polar surface area (TPSA) is 30.5 Å². The van der Waals surface area contributed by atoms with Crippen LogP contribution in [0.2, 0.25) is 0 Å². The Labute approximate surface area is 171 Å². The largest absolute Gasteiger partial charge is 0.458 e. The molecule has 2 unspecified atom stereocenters. The number of hydrogen-bond donors (Lipinski definition) is 1. The second-order valence-electron chi connectivity index (χ2n) is 5.48. The van der Waals surface area contributed by atoms with Gasteiger partial charge in [-0.25, -0.2) is 0 Å². The van der Waals surface area contributed by atoms with Crippen molar-refractivity contribution >= 4 is 60.6 Å². The highest BCUT2D eigenvalue weighted by Crippen LogP contribution is 2.47. The molecule has 1 fully saturated rings. The minimum absolute atomic E-state index is 0.109. The van der Waals surface area contributed by atoms with Gasteiger partial charge in [0.05, 0.1) is 4.20 Å². The second-order valence-corrected chi connectivity index (χ2v) is 8.75. The van der Waals surface area contributed by atoms with Crippen LogP contribution in [0.15, 0.2) is 52.4 Å². The van der Waals surface area contributed by atoms with Crippen LogP contribution < -0.4 is 5.32 Å². The van der Waals surface area contributed by atoms with Gasteiger partial charge in [0.25, 0.3) is 0 Å². The molecule has 0 amide bonds. The van der Waals surface area contributed by atoms with Crippen LogP contribution in [0.4, 0.5) is 0 Å². The quantitative estimate of drug-likeness (QED) is 0.599. The summed E-state index contributed by atoms with van der Waals surface area (Å²) < 4.78 is 13.6. The predicted molar refractivity (Wildman–Crippen MR) is 114 cm³/mol. The fraction of sp³-hybridized carbons (Fsp3) is 0.333. The molecule has 1 saturated heterocycles. The number of ether oxygens (including phenoxy) is 2. The molecule has 0 aromatic heterocycles. The van der Waals surface area contributed by atoms with Crippen molar-refractivity contribution in [2.45, 2.75) is 25.8 Å². The maximum Gasteiger partial charge on any atom is 0.230 e. The Morgan fingerprint density at radius 1 is 1.28 bits per heavy atom. The van der Waals surface area contributed by atoms with E-state index in [1.54, 1.807) is 0 Å². The molecule has 2 heterocycles. The normalized spacial score (nSPS) is 27.1. The van der Waals surface area contributed by atoms with Crippen LogP contribution in [-0.4, -0.2) is 15.3 Å². The van der Waals surface area contributed by atoms with Gasteiger partial charge in [0, 0.05) is 16.8 Å². The van der Waals surface area contributed by atoms with E-state index < -0.39 is 5.54 Å². The smallest absolute Gasteiger partial charge is 0.230 e. The van der Waals surface area contributed by atoms with Crippen molar-refractivity contribution in [3.63, 3.8) is 0 Å². The maximum atomic E-state index is 5.73. The minimum atomic E-state index is -0.512. The highest BCUT2D eigenvalue weighted by molar-refractivity contribution is 9.10. The first kappa shape index (κ1) is 18.9. The molecule has 7 heteroatoms. The lowest BCUT2D eigenvalue weighted by atomic mass is 9.75. The number of allylic oxidation sites excluding steroid dienone is 2. The van der Waals surface area contributed by atoms with Gasteiger partial charge in [-0.3, -0.25) is 0 Å². The molecule has 0 spiro atoms. The van der Waals surface area contributed by atoms with Crippen molar-refractivity contribution < 1.29 is 9.47 Å². The first-order chi connectivity index (χ1) is 12.1. The molecule has 0 saturated carbocycles. The monoisotopic (exact) mass is 455 g/mol. The molecular weight excluding hydrogens is 438 g/mol. The Hall–Kier alpha value is -0.890. The van der Waals surface area contributed by atoms with Crippen LogP contribution in [0.1, 0.15) is 25.8 Å². The lowest BCUT2D eigenvalue weighted by Gasteiger charge is -2.37. The van der Waals surface area contributed by atoms with Crippen molar-refractivity contribution in [1.82, 2.24) is 5.32 Å². The van der Waals surface area contributed by atoms with Gasteiger partial charge in [-0.2, -0.15) is 0 Å². The third kappa shape index (κ3) is 3.39. The summed E-state index contributed by atoms with van der Waals surface area (Å²) in [5, 5.41) is 3.47. The molecule has 132 valence electrons. The van der Waals surface area contributed by atoms with E-state index in [2.05, 4.69) is 39.5 Å². The third-order valence-electron chi connectivity index (χ3n) is 4.25. The molecule has 3 aliphatic rings. The molecular formula is C18H18BrNO2S3. The Kier molecular flexibility index (Phi) is 5.88. The van der Waals surface area contributed by atoms with E-state index in [1.165, 1.54) is 11.8 Å². The highest BCUT2D eigenvalue weighted by atomic mass is 79.9. The Morgan fingerprint density at radius 2 is 2.08 bits per heavy atom. The van der Waals surface area contributed by atoms with Gasteiger partial charge in [0.15, 0.2) is 5.76 Å². The zero-order valence-corrected chi connectivity index (χ0v) is 17.9. The molecule has 4 rings (SSSR count). The van der Waals surface area contributed by atoms with E-state index in [1.807, 2.05) is 32.1 Å². The predicted octanol–water partition coefficient (Wildman–Crippen LogP) is 5.41. The zero-order valence-electron chi connectivity index (χ0n) is 13.9. The van der Waals surface area contributed by atoms with Crippen LogP contribution in [-0.2, 0) is 15.0 Å². The summed E-state index contributed by atoms with van der Waals surface area (Å²) in [6, 6.07) is 8.20. The molecule has 2 atom stereocenters. The molecule has 0 radical (unpaired) electrons. The third-order valence-corrected chi connectivity index (χ3v) is 6.46. The summed E-state index contributed by atoms with van der Waals surface area (Å²) in [7, 11) is 0. The summed E-state index contributed by atoms with van der Waals surface area (Å²) >= 11 is 16.1. The summed E-state index contributed by atoms with van der Waals surface area (Å²) in [5.74, 6) is 1.82. The van der Waals surface area contributed by atoms with Crippen molar-refractivity contribution in [1.29, 1.82) is 0 Å². The second kappa shape index (κ2) is 7.78. The number of benzene rings is 1. The lowest BCUT2D eigenvalue weighted by molar-refractivity contribution is 0.0710. The van der Waals surface area contributed by atoms with E-state index in [-0.39, 0.29) is 12.7 Å². The van der Waals surface area contributed by atoms with Crippen molar-refractivity contribution in [2.24, 2.45) is 5.92 Å². The molecule has 1 aromatic carbocycles. The van der Waals surface area contributed by atoms with Gasteiger partial charge in [0.1, 0.15) is 15.6 Å². The standard InChI is InChI=1S/C16H12BrNO2S3.C2H6/c17-11-3-1-2-9(6-11)16(14(21)23-15(22)18-16)10-4-5-12-13(7-10)20-8-19-12;1-2/h1-6,10H,7-8H2,(H,18,22);1-2H3. The van der Waals surface area contributed by atoms with E-state index in [0.717, 1.165) is 32.2 Å². The minimum Gasteiger partial charge on any atom is -0.458 e. The maximum absolute atomic E-state index is 5.73. The Balaban J connectivity index is 0.000000880. The van der Waals surface area contributed by atoms with Crippen LogP contribution in [0.25, 0.3) is 0 Å². The summed E-state index contributed by atoms with van der Waals surface area (Å²) in [6.45, 7) is 4.29.